The van der Waals surface area contributed by atoms with Crippen molar-refractivity contribution in [3.05, 3.63) is 28.0 Å². The van der Waals surface area contributed by atoms with Crippen LogP contribution < -0.4 is 5.32 Å². The van der Waals surface area contributed by atoms with Crippen molar-refractivity contribution >= 4 is 27.6 Å². The molecule has 1 rings (SSSR count). The van der Waals surface area contributed by atoms with Crippen LogP contribution in [0, 0.1) is 5.82 Å². The van der Waals surface area contributed by atoms with Crippen molar-refractivity contribution < 1.29 is 14.3 Å². The van der Waals surface area contributed by atoms with Crippen molar-refractivity contribution in [1.82, 2.24) is 0 Å². The summed E-state index contributed by atoms with van der Waals surface area (Å²) in [5.74, 6) is -2.02. The highest BCUT2D eigenvalue weighted by Gasteiger charge is 2.16. The Morgan fingerprint density at radius 3 is 2.79 bits per heavy atom. The molecule has 0 aliphatic carbocycles. The Balaban J connectivity index is 3.28. The van der Waals surface area contributed by atoms with Crippen LogP contribution >= 0.6 is 15.9 Å². The van der Waals surface area contributed by atoms with Gasteiger partial charge in [0.2, 0.25) is 0 Å². The van der Waals surface area contributed by atoms with Gasteiger partial charge in [0.25, 0.3) is 0 Å². The molecule has 0 spiro atoms. The van der Waals surface area contributed by atoms with E-state index in [1.54, 1.807) is 0 Å². The SMILES string of the molecule is CCNc1cc(Br)cc(F)c1C(=O)O. The Kier molecular flexibility index (Phi) is 3.46. The molecule has 0 unspecified atom stereocenters. The first-order chi connectivity index (χ1) is 6.56. The van der Waals surface area contributed by atoms with E-state index in [2.05, 4.69) is 21.2 Å². The second-order valence-electron chi connectivity index (χ2n) is 2.65. The summed E-state index contributed by atoms with van der Waals surface area (Å²) in [6.07, 6.45) is 0. The van der Waals surface area contributed by atoms with E-state index in [0.717, 1.165) is 6.07 Å². The molecule has 0 amide bonds. The van der Waals surface area contributed by atoms with E-state index < -0.39 is 11.8 Å². The van der Waals surface area contributed by atoms with E-state index in [9.17, 15) is 9.18 Å². The average molecular weight is 262 g/mol. The summed E-state index contributed by atoms with van der Waals surface area (Å²) >= 11 is 3.09. The number of aromatic carboxylic acids is 1. The summed E-state index contributed by atoms with van der Waals surface area (Å²) in [7, 11) is 0. The first-order valence-corrected chi connectivity index (χ1v) is 4.81. The third-order valence-corrected chi connectivity index (χ3v) is 2.09. The third-order valence-electron chi connectivity index (χ3n) is 1.64. The van der Waals surface area contributed by atoms with Crippen LogP contribution in [0.25, 0.3) is 0 Å². The predicted molar refractivity (Wildman–Crippen MR) is 55.2 cm³/mol. The summed E-state index contributed by atoms with van der Waals surface area (Å²) in [4.78, 5) is 10.7. The van der Waals surface area contributed by atoms with Crippen molar-refractivity contribution in [2.75, 3.05) is 11.9 Å². The van der Waals surface area contributed by atoms with E-state index >= 15 is 0 Å². The Labute approximate surface area is 89.1 Å². The van der Waals surface area contributed by atoms with E-state index in [1.165, 1.54) is 6.07 Å². The van der Waals surface area contributed by atoms with E-state index in [-0.39, 0.29) is 11.3 Å². The highest BCUT2D eigenvalue weighted by molar-refractivity contribution is 9.10. The van der Waals surface area contributed by atoms with Gasteiger partial charge in [0.05, 0.1) is 5.69 Å². The van der Waals surface area contributed by atoms with E-state index in [4.69, 9.17) is 5.11 Å². The molecule has 0 bridgehead atoms. The second kappa shape index (κ2) is 4.41. The van der Waals surface area contributed by atoms with Gasteiger partial charge in [-0.05, 0) is 19.1 Å². The molecule has 0 saturated heterocycles. The normalized spacial score (nSPS) is 9.93. The maximum absolute atomic E-state index is 13.2. The zero-order valence-electron chi connectivity index (χ0n) is 7.47. The van der Waals surface area contributed by atoms with Crippen molar-refractivity contribution in [1.29, 1.82) is 0 Å². The standard InChI is InChI=1S/C9H9BrFNO2/c1-2-12-7-4-5(10)3-6(11)8(7)9(13)14/h3-4,12H,2H2,1H3,(H,13,14). The molecule has 1 aromatic rings. The Morgan fingerprint density at radius 2 is 2.29 bits per heavy atom. The quantitative estimate of drug-likeness (QED) is 0.880. The van der Waals surface area contributed by atoms with E-state index in [0.29, 0.717) is 11.0 Å². The fraction of sp³-hybridized carbons (Fsp3) is 0.222. The molecule has 0 aliphatic rings. The Morgan fingerprint density at radius 1 is 1.64 bits per heavy atom. The maximum Gasteiger partial charge on any atom is 0.340 e. The van der Waals surface area contributed by atoms with Crippen LogP contribution in [-0.4, -0.2) is 17.6 Å². The molecular formula is C9H9BrFNO2. The van der Waals surface area contributed by atoms with Crippen molar-refractivity contribution in [2.45, 2.75) is 6.92 Å². The fourth-order valence-electron chi connectivity index (χ4n) is 1.12. The molecule has 0 atom stereocenters. The van der Waals surface area contributed by atoms with Crippen LogP contribution in [0.4, 0.5) is 10.1 Å². The molecule has 5 heteroatoms. The van der Waals surface area contributed by atoms with Crippen LogP contribution in [0.2, 0.25) is 0 Å². The predicted octanol–water partition coefficient (Wildman–Crippen LogP) is 2.72. The fourth-order valence-corrected chi connectivity index (χ4v) is 1.55. The van der Waals surface area contributed by atoms with Gasteiger partial charge < -0.3 is 10.4 Å². The lowest BCUT2D eigenvalue weighted by molar-refractivity contribution is 0.0693. The minimum absolute atomic E-state index is 0.284. The molecule has 14 heavy (non-hydrogen) atoms. The van der Waals surface area contributed by atoms with Gasteiger partial charge in [-0.15, -0.1) is 0 Å². The topological polar surface area (TPSA) is 49.3 Å². The third kappa shape index (κ3) is 2.23. The monoisotopic (exact) mass is 261 g/mol. The van der Waals surface area contributed by atoms with Gasteiger partial charge in [0.15, 0.2) is 0 Å². The molecule has 0 aliphatic heterocycles. The number of benzene rings is 1. The van der Waals surface area contributed by atoms with Crippen LogP contribution in [0.5, 0.6) is 0 Å². The van der Waals surface area contributed by atoms with Crippen molar-refractivity contribution in [3.63, 3.8) is 0 Å². The first-order valence-electron chi connectivity index (χ1n) is 4.02. The summed E-state index contributed by atoms with van der Waals surface area (Å²) in [5.41, 5.74) is -0.0399. The van der Waals surface area contributed by atoms with Gasteiger partial charge >= 0.3 is 5.97 Å². The van der Waals surface area contributed by atoms with Gasteiger partial charge in [0.1, 0.15) is 11.4 Å². The minimum atomic E-state index is -1.27. The van der Waals surface area contributed by atoms with Crippen LogP contribution in [0.15, 0.2) is 16.6 Å². The van der Waals surface area contributed by atoms with Crippen LogP contribution in [0.3, 0.4) is 0 Å². The number of carboxylic acid groups (broad SMARTS) is 1. The lowest BCUT2D eigenvalue weighted by Crippen LogP contribution is -2.08. The lowest BCUT2D eigenvalue weighted by Gasteiger charge is -2.08. The van der Waals surface area contributed by atoms with Gasteiger partial charge in [-0.2, -0.15) is 0 Å². The smallest absolute Gasteiger partial charge is 0.340 e. The molecule has 0 aromatic heterocycles. The summed E-state index contributed by atoms with van der Waals surface area (Å²) in [5, 5.41) is 11.6. The number of hydrogen-bond donors (Lipinski definition) is 2. The molecule has 1 aromatic carbocycles. The molecule has 0 saturated carbocycles. The van der Waals surface area contributed by atoms with Crippen LogP contribution in [-0.2, 0) is 0 Å². The molecule has 0 fully saturated rings. The molecule has 2 N–H and O–H groups in total. The van der Waals surface area contributed by atoms with Gasteiger partial charge in [-0.3, -0.25) is 0 Å². The zero-order chi connectivity index (χ0) is 10.7. The number of carboxylic acids is 1. The molecule has 0 heterocycles. The molecule has 76 valence electrons. The Hall–Kier alpha value is -1.10. The Bertz CT molecular complexity index is 368. The number of nitrogens with one attached hydrogen (secondary N) is 1. The number of anilines is 1. The van der Waals surface area contributed by atoms with Gasteiger partial charge in [-0.25, -0.2) is 9.18 Å². The van der Waals surface area contributed by atoms with Gasteiger partial charge in [0, 0.05) is 11.0 Å². The maximum atomic E-state index is 13.2. The largest absolute Gasteiger partial charge is 0.478 e. The summed E-state index contributed by atoms with van der Waals surface area (Å²) < 4.78 is 13.7. The molecule has 3 nitrogen and oxygen atoms in total. The first kappa shape index (κ1) is 11.0. The second-order valence-corrected chi connectivity index (χ2v) is 3.56. The number of carbonyl (C=O) groups is 1. The number of halogens is 2. The van der Waals surface area contributed by atoms with E-state index in [1.807, 2.05) is 6.92 Å². The average Bonchev–Trinajstić information content (AvgIpc) is 2.01. The minimum Gasteiger partial charge on any atom is -0.478 e. The highest BCUT2D eigenvalue weighted by Crippen LogP contribution is 2.24. The number of rotatable bonds is 3. The molecular weight excluding hydrogens is 253 g/mol. The molecule has 0 radical (unpaired) electrons. The van der Waals surface area contributed by atoms with Crippen molar-refractivity contribution in [2.24, 2.45) is 0 Å². The highest BCUT2D eigenvalue weighted by atomic mass is 79.9. The summed E-state index contributed by atoms with van der Waals surface area (Å²) in [6.45, 7) is 2.35. The van der Waals surface area contributed by atoms with Gasteiger partial charge in [-0.1, -0.05) is 15.9 Å². The lowest BCUT2D eigenvalue weighted by atomic mass is 10.1. The van der Waals surface area contributed by atoms with Crippen LogP contribution in [0.1, 0.15) is 17.3 Å². The van der Waals surface area contributed by atoms with Crippen molar-refractivity contribution in [3.8, 4) is 0 Å². The summed E-state index contributed by atoms with van der Waals surface area (Å²) in [6, 6.07) is 2.67. The zero-order valence-corrected chi connectivity index (χ0v) is 9.06. The number of hydrogen-bond acceptors (Lipinski definition) is 2.